The van der Waals surface area contributed by atoms with Crippen molar-refractivity contribution in [1.29, 1.82) is 0 Å². The second kappa shape index (κ2) is 13.6. The lowest BCUT2D eigenvalue weighted by atomic mass is 10.1. The molecule has 0 spiro atoms. The van der Waals surface area contributed by atoms with Gasteiger partial charge in [-0.15, -0.1) is 0 Å². The largest absolute Gasteiger partial charge is 0.256 e. The highest BCUT2D eigenvalue weighted by Crippen LogP contribution is 2.13. The molecule has 2 heteroatoms. The van der Waals surface area contributed by atoms with Crippen molar-refractivity contribution < 1.29 is 4.57 Å². The van der Waals surface area contributed by atoms with Crippen molar-refractivity contribution in [2.24, 2.45) is 0 Å². The summed E-state index contributed by atoms with van der Waals surface area (Å²) in [5.41, 5.74) is 1.39. The van der Waals surface area contributed by atoms with E-state index in [2.05, 4.69) is 65.7 Å². The SMILES string of the molecule is CCCCCCCCCCCCc1n(Cc2ccccc2)cc[n+]1CCC. The van der Waals surface area contributed by atoms with Crippen LogP contribution in [0.1, 0.15) is 95.9 Å². The molecular weight excluding hydrogens is 328 g/mol. The normalized spacial score (nSPS) is 11.2. The molecule has 150 valence electrons. The van der Waals surface area contributed by atoms with Crippen LogP contribution < -0.4 is 4.57 Å². The third kappa shape index (κ3) is 8.32. The number of nitrogens with zero attached hydrogens (tertiary/aromatic N) is 2. The first-order valence-corrected chi connectivity index (χ1v) is 11.5. The van der Waals surface area contributed by atoms with Crippen LogP contribution in [0.25, 0.3) is 0 Å². The van der Waals surface area contributed by atoms with Crippen molar-refractivity contribution in [2.45, 2.75) is 104 Å². The van der Waals surface area contributed by atoms with Crippen molar-refractivity contribution >= 4 is 0 Å². The van der Waals surface area contributed by atoms with Gasteiger partial charge in [-0.05, 0) is 18.4 Å². The molecule has 0 saturated heterocycles. The van der Waals surface area contributed by atoms with Crippen LogP contribution >= 0.6 is 0 Å². The third-order valence-corrected chi connectivity index (χ3v) is 5.50. The number of hydrogen-bond donors (Lipinski definition) is 0. The van der Waals surface area contributed by atoms with Gasteiger partial charge < -0.3 is 0 Å². The number of unbranched alkanes of at least 4 members (excludes halogenated alkanes) is 9. The second-order valence-corrected chi connectivity index (χ2v) is 7.95. The van der Waals surface area contributed by atoms with Gasteiger partial charge in [-0.25, -0.2) is 9.13 Å². The summed E-state index contributed by atoms with van der Waals surface area (Å²) < 4.78 is 4.93. The second-order valence-electron chi connectivity index (χ2n) is 7.95. The summed E-state index contributed by atoms with van der Waals surface area (Å²) in [6.45, 7) is 6.69. The van der Waals surface area contributed by atoms with Gasteiger partial charge in [0, 0.05) is 6.42 Å². The fourth-order valence-electron chi connectivity index (χ4n) is 3.92. The standard InChI is InChI=1S/C25H41N2/c1-3-5-6-7-8-9-10-11-12-16-19-25-26(20-4-2)21-22-27(25)23-24-17-14-13-15-18-24/h13-15,17-18,21-22H,3-12,16,19-20,23H2,1-2H3/q+1. The van der Waals surface area contributed by atoms with Crippen LogP contribution in [-0.4, -0.2) is 4.57 Å². The molecule has 0 atom stereocenters. The van der Waals surface area contributed by atoms with Crippen molar-refractivity contribution in [3.63, 3.8) is 0 Å². The monoisotopic (exact) mass is 369 g/mol. The van der Waals surface area contributed by atoms with Crippen LogP contribution in [0.5, 0.6) is 0 Å². The Morgan fingerprint density at radius 3 is 2.00 bits per heavy atom. The molecule has 1 aromatic heterocycles. The average molecular weight is 370 g/mol. The summed E-state index contributed by atoms with van der Waals surface area (Å²) in [6.07, 6.45) is 21.0. The maximum absolute atomic E-state index is 2.47. The Bertz CT molecular complexity index is 600. The van der Waals surface area contributed by atoms with Crippen LogP contribution in [-0.2, 0) is 19.5 Å². The Morgan fingerprint density at radius 2 is 1.37 bits per heavy atom. The van der Waals surface area contributed by atoms with Gasteiger partial charge in [0.1, 0.15) is 18.9 Å². The van der Waals surface area contributed by atoms with Crippen molar-refractivity contribution in [3.05, 3.63) is 54.1 Å². The molecule has 1 heterocycles. The molecule has 27 heavy (non-hydrogen) atoms. The maximum atomic E-state index is 2.47. The summed E-state index contributed by atoms with van der Waals surface area (Å²) in [7, 11) is 0. The average Bonchev–Trinajstić information content (AvgIpc) is 3.06. The maximum Gasteiger partial charge on any atom is 0.256 e. The summed E-state index contributed by atoms with van der Waals surface area (Å²) in [6, 6.07) is 10.8. The molecule has 2 rings (SSSR count). The Labute approximate surface area is 167 Å². The zero-order valence-electron chi connectivity index (χ0n) is 17.8. The highest BCUT2D eigenvalue weighted by Gasteiger charge is 2.16. The predicted molar refractivity (Wildman–Crippen MR) is 116 cm³/mol. The van der Waals surface area contributed by atoms with Gasteiger partial charge in [0.05, 0.1) is 6.54 Å². The minimum Gasteiger partial charge on any atom is -0.234 e. The molecule has 0 unspecified atom stereocenters. The van der Waals surface area contributed by atoms with E-state index in [1.165, 1.54) is 88.4 Å². The Kier molecular flexibility index (Phi) is 10.9. The lowest BCUT2D eigenvalue weighted by Gasteiger charge is -2.06. The molecule has 0 fully saturated rings. The third-order valence-electron chi connectivity index (χ3n) is 5.50. The topological polar surface area (TPSA) is 8.81 Å². The zero-order chi connectivity index (χ0) is 19.2. The minimum atomic E-state index is 0.991. The Morgan fingerprint density at radius 1 is 0.741 bits per heavy atom. The quantitative estimate of drug-likeness (QED) is 0.244. The number of benzene rings is 1. The van der Waals surface area contributed by atoms with Crippen LogP contribution in [0.3, 0.4) is 0 Å². The summed E-state index contributed by atoms with van der Waals surface area (Å²) in [5, 5.41) is 0. The molecule has 0 bridgehead atoms. The summed E-state index contributed by atoms with van der Waals surface area (Å²) in [4.78, 5) is 0. The van der Waals surface area contributed by atoms with E-state index in [0.717, 1.165) is 13.1 Å². The van der Waals surface area contributed by atoms with Gasteiger partial charge in [-0.1, -0.05) is 102 Å². The Hall–Kier alpha value is -1.57. The smallest absolute Gasteiger partial charge is 0.234 e. The van der Waals surface area contributed by atoms with E-state index in [4.69, 9.17) is 0 Å². The first kappa shape index (κ1) is 21.7. The molecule has 0 radical (unpaired) electrons. The van der Waals surface area contributed by atoms with Crippen LogP contribution in [0.2, 0.25) is 0 Å². The molecule has 0 aliphatic carbocycles. The first-order valence-electron chi connectivity index (χ1n) is 11.5. The van der Waals surface area contributed by atoms with E-state index in [0.29, 0.717) is 0 Å². The van der Waals surface area contributed by atoms with Crippen molar-refractivity contribution in [1.82, 2.24) is 4.57 Å². The van der Waals surface area contributed by atoms with E-state index in [9.17, 15) is 0 Å². The molecule has 0 N–H and O–H groups in total. The van der Waals surface area contributed by atoms with E-state index in [1.807, 2.05) is 0 Å². The van der Waals surface area contributed by atoms with E-state index < -0.39 is 0 Å². The zero-order valence-corrected chi connectivity index (χ0v) is 17.8. The molecule has 0 aliphatic heterocycles. The fourth-order valence-corrected chi connectivity index (χ4v) is 3.92. The molecule has 0 saturated carbocycles. The number of imidazole rings is 1. The molecule has 0 amide bonds. The summed E-state index contributed by atoms with van der Waals surface area (Å²) >= 11 is 0. The van der Waals surface area contributed by atoms with Crippen LogP contribution in [0, 0.1) is 0 Å². The lowest BCUT2D eigenvalue weighted by molar-refractivity contribution is -0.703. The van der Waals surface area contributed by atoms with E-state index in [-0.39, 0.29) is 0 Å². The minimum absolute atomic E-state index is 0.991. The molecule has 2 aromatic rings. The molecule has 1 aromatic carbocycles. The number of aromatic nitrogens is 2. The van der Waals surface area contributed by atoms with Gasteiger partial charge in [0.15, 0.2) is 0 Å². The van der Waals surface area contributed by atoms with Crippen molar-refractivity contribution in [2.75, 3.05) is 0 Å². The van der Waals surface area contributed by atoms with Gasteiger partial charge in [-0.3, -0.25) is 0 Å². The van der Waals surface area contributed by atoms with Gasteiger partial charge in [-0.2, -0.15) is 0 Å². The van der Waals surface area contributed by atoms with E-state index in [1.54, 1.807) is 0 Å². The number of hydrogen-bond acceptors (Lipinski definition) is 0. The van der Waals surface area contributed by atoms with Crippen LogP contribution in [0.4, 0.5) is 0 Å². The highest BCUT2D eigenvalue weighted by atomic mass is 15.1. The highest BCUT2D eigenvalue weighted by molar-refractivity contribution is 5.15. The fraction of sp³-hybridized carbons (Fsp3) is 0.640. The predicted octanol–water partition coefficient (Wildman–Crippen LogP) is 6.70. The summed E-state index contributed by atoms with van der Waals surface area (Å²) in [5.74, 6) is 1.50. The van der Waals surface area contributed by atoms with Gasteiger partial charge in [0.25, 0.3) is 5.82 Å². The molecular formula is C25H41N2+. The first-order chi connectivity index (χ1) is 13.3. The number of rotatable bonds is 15. The van der Waals surface area contributed by atoms with Gasteiger partial charge in [0.2, 0.25) is 0 Å². The van der Waals surface area contributed by atoms with Crippen molar-refractivity contribution in [3.8, 4) is 0 Å². The molecule has 2 nitrogen and oxygen atoms in total. The molecule has 0 aliphatic rings. The van der Waals surface area contributed by atoms with Gasteiger partial charge >= 0.3 is 0 Å². The lowest BCUT2D eigenvalue weighted by Crippen LogP contribution is -2.37. The van der Waals surface area contributed by atoms with E-state index >= 15 is 0 Å². The number of aryl methyl sites for hydroxylation is 1. The van der Waals surface area contributed by atoms with Crippen LogP contribution in [0.15, 0.2) is 42.7 Å². The Balaban J connectivity index is 1.73.